The van der Waals surface area contributed by atoms with Gasteiger partial charge < -0.3 is 0 Å². The topological polar surface area (TPSA) is 95.2 Å². The van der Waals surface area contributed by atoms with Gasteiger partial charge in [-0.1, -0.05) is 29.8 Å². The minimum Gasteiger partial charge on any atom is -0.299 e. The number of hydrogen-bond acceptors (Lipinski definition) is 6. The third-order valence-corrected chi connectivity index (χ3v) is 8.26. The molecule has 0 amide bonds. The van der Waals surface area contributed by atoms with Crippen LogP contribution in [0.4, 0.5) is 0 Å². The predicted octanol–water partition coefficient (Wildman–Crippen LogP) is 2.61. The Labute approximate surface area is 179 Å². The number of thiophene rings is 1. The average molecular weight is 445 g/mol. The van der Waals surface area contributed by atoms with Gasteiger partial charge in [-0.2, -0.15) is 5.10 Å². The Morgan fingerprint density at radius 2 is 1.97 bits per heavy atom. The molecular formula is C21H24N4O3S2. The smallest absolute Gasteiger partial charge is 0.264 e. The van der Waals surface area contributed by atoms with Gasteiger partial charge in [-0.05, 0) is 49.6 Å². The number of sulfonamides is 1. The molecule has 0 unspecified atom stereocenters. The molecule has 1 aliphatic heterocycles. The van der Waals surface area contributed by atoms with Crippen LogP contribution in [0.2, 0.25) is 0 Å². The number of H-pyrrole nitrogens is 1. The number of benzene rings is 1. The summed E-state index contributed by atoms with van der Waals surface area (Å²) in [5.74, 6) is 0.297. The molecule has 1 atom stereocenters. The molecule has 30 heavy (non-hydrogen) atoms. The van der Waals surface area contributed by atoms with Crippen LogP contribution in [0.25, 0.3) is 10.6 Å². The molecule has 1 aliphatic rings. The number of aryl methyl sites for hydroxylation is 1. The van der Waals surface area contributed by atoms with Crippen LogP contribution in [0.15, 0.2) is 57.5 Å². The second kappa shape index (κ2) is 8.81. The number of nitrogens with one attached hydrogen (secondary N) is 2. The van der Waals surface area contributed by atoms with Crippen molar-refractivity contribution in [3.8, 4) is 10.6 Å². The summed E-state index contributed by atoms with van der Waals surface area (Å²) in [4.78, 5) is 14.2. The van der Waals surface area contributed by atoms with E-state index in [-0.39, 0.29) is 9.77 Å². The summed E-state index contributed by atoms with van der Waals surface area (Å²) in [6.45, 7) is 5.25. The highest BCUT2D eigenvalue weighted by molar-refractivity contribution is 7.91. The van der Waals surface area contributed by atoms with E-state index in [4.69, 9.17) is 0 Å². The van der Waals surface area contributed by atoms with E-state index in [1.54, 1.807) is 18.2 Å². The minimum absolute atomic E-state index is 0.250. The molecule has 0 aliphatic carbocycles. The van der Waals surface area contributed by atoms with Crippen molar-refractivity contribution in [2.45, 2.75) is 24.1 Å². The Bertz CT molecular complexity index is 1150. The van der Waals surface area contributed by atoms with Gasteiger partial charge in [0.15, 0.2) is 0 Å². The zero-order valence-electron chi connectivity index (χ0n) is 16.7. The second-order valence-electron chi connectivity index (χ2n) is 7.65. The summed E-state index contributed by atoms with van der Waals surface area (Å²) in [6.07, 6.45) is 0.978. The summed E-state index contributed by atoms with van der Waals surface area (Å²) in [5.41, 5.74) is 2.78. The zero-order chi connectivity index (χ0) is 21.1. The number of aromatic nitrogens is 2. The molecule has 0 bridgehead atoms. The maximum Gasteiger partial charge on any atom is 0.264 e. The molecule has 3 aromatic rings. The summed E-state index contributed by atoms with van der Waals surface area (Å²) in [6, 6.07) is 14.8. The van der Waals surface area contributed by atoms with Crippen molar-refractivity contribution >= 4 is 21.4 Å². The van der Waals surface area contributed by atoms with Gasteiger partial charge in [0.25, 0.3) is 5.56 Å². The summed E-state index contributed by atoms with van der Waals surface area (Å²) >= 11 is 1.14. The first-order chi connectivity index (χ1) is 14.4. The third kappa shape index (κ3) is 5.04. The Balaban J connectivity index is 1.33. The van der Waals surface area contributed by atoms with Crippen molar-refractivity contribution in [1.82, 2.24) is 19.8 Å². The number of aromatic amines is 1. The fourth-order valence-corrected chi connectivity index (χ4v) is 5.99. The fraction of sp³-hybridized carbons (Fsp3) is 0.333. The lowest BCUT2D eigenvalue weighted by Crippen LogP contribution is -2.30. The molecule has 2 N–H and O–H groups in total. The summed E-state index contributed by atoms with van der Waals surface area (Å²) < 4.78 is 28.4. The van der Waals surface area contributed by atoms with E-state index in [1.165, 1.54) is 17.2 Å². The van der Waals surface area contributed by atoms with Crippen LogP contribution in [-0.2, 0) is 16.6 Å². The first-order valence-corrected chi connectivity index (χ1v) is 12.1. The lowest BCUT2D eigenvalue weighted by molar-refractivity contribution is 0.316. The van der Waals surface area contributed by atoms with Gasteiger partial charge in [-0.25, -0.2) is 18.2 Å². The quantitative estimate of drug-likeness (QED) is 0.584. The number of nitrogens with zero attached hydrogens (tertiary/aromatic N) is 2. The van der Waals surface area contributed by atoms with E-state index in [9.17, 15) is 13.2 Å². The highest BCUT2D eigenvalue weighted by Crippen LogP contribution is 2.29. The van der Waals surface area contributed by atoms with Gasteiger partial charge in [0.1, 0.15) is 9.90 Å². The highest BCUT2D eigenvalue weighted by Gasteiger charge is 2.25. The monoisotopic (exact) mass is 444 g/mol. The molecule has 0 radical (unpaired) electrons. The molecular weight excluding hydrogens is 420 g/mol. The van der Waals surface area contributed by atoms with Gasteiger partial charge in [0, 0.05) is 25.7 Å². The van der Waals surface area contributed by atoms with Crippen LogP contribution in [0.1, 0.15) is 17.5 Å². The number of rotatable bonds is 7. The van der Waals surface area contributed by atoms with Crippen molar-refractivity contribution in [3.05, 3.63) is 70.0 Å². The molecule has 4 rings (SSSR count). The van der Waals surface area contributed by atoms with E-state index in [1.807, 2.05) is 0 Å². The first kappa shape index (κ1) is 20.9. The van der Waals surface area contributed by atoms with E-state index in [0.717, 1.165) is 37.4 Å². The Morgan fingerprint density at radius 3 is 2.70 bits per heavy atom. The molecule has 3 heterocycles. The molecule has 2 aromatic heterocycles. The lowest BCUT2D eigenvalue weighted by Gasteiger charge is -2.16. The molecule has 9 heteroatoms. The first-order valence-electron chi connectivity index (χ1n) is 9.82. The van der Waals surface area contributed by atoms with E-state index < -0.39 is 10.0 Å². The predicted molar refractivity (Wildman–Crippen MR) is 118 cm³/mol. The number of hydrogen-bond donors (Lipinski definition) is 2. The molecule has 0 saturated carbocycles. The number of likely N-dealkylation sites (tertiary alicyclic amines) is 1. The normalized spacial score (nSPS) is 17.4. The maximum atomic E-state index is 12.7. The molecule has 1 aromatic carbocycles. The molecule has 158 valence electrons. The van der Waals surface area contributed by atoms with Crippen molar-refractivity contribution in [2.24, 2.45) is 5.92 Å². The summed E-state index contributed by atoms with van der Waals surface area (Å²) in [7, 11) is -3.57. The Hall–Kier alpha value is -2.33. The van der Waals surface area contributed by atoms with Crippen molar-refractivity contribution in [3.63, 3.8) is 0 Å². The Morgan fingerprint density at radius 1 is 1.17 bits per heavy atom. The minimum atomic E-state index is -3.57. The van der Waals surface area contributed by atoms with Crippen molar-refractivity contribution in [2.75, 3.05) is 19.6 Å². The van der Waals surface area contributed by atoms with Gasteiger partial charge in [0.2, 0.25) is 10.0 Å². The zero-order valence-corrected chi connectivity index (χ0v) is 18.3. The van der Waals surface area contributed by atoms with Crippen molar-refractivity contribution in [1.29, 1.82) is 0 Å². The maximum absolute atomic E-state index is 12.7. The fourth-order valence-electron chi connectivity index (χ4n) is 3.56. The van der Waals surface area contributed by atoms with Crippen LogP contribution in [0.5, 0.6) is 0 Å². The third-order valence-electron chi connectivity index (χ3n) is 5.24. The average Bonchev–Trinajstić information content (AvgIpc) is 3.39. The molecule has 7 nitrogen and oxygen atoms in total. The largest absolute Gasteiger partial charge is 0.299 e. The van der Waals surface area contributed by atoms with Crippen LogP contribution in [0.3, 0.4) is 0 Å². The Kier molecular flexibility index (Phi) is 6.14. The van der Waals surface area contributed by atoms with E-state index in [2.05, 4.69) is 51.0 Å². The standard InChI is InChI=1S/C21H24N4O3S2/c1-15-2-4-16(5-3-15)13-25-11-10-17(14-25)12-22-30(27,28)21-9-7-19(29-21)18-6-8-20(26)24-23-18/h2-9,17,22H,10-14H2,1H3,(H,24,26)/t17-/m0/s1. The molecule has 1 fully saturated rings. The van der Waals surface area contributed by atoms with Gasteiger partial charge in [0.05, 0.1) is 4.88 Å². The highest BCUT2D eigenvalue weighted by atomic mass is 32.2. The SMILES string of the molecule is Cc1ccc(CN2CC[C@@H](CNS(=O)(=O)c3ccc(-c4ccc(=O)[nH]n4)s3)C2)cc1. The van der Waals surface area contributed by atoms with E-state index in [0.29, 0.717) is 23.0 Å². The molecule has 1 saturated heterocycles. The van der Waals surface area contributed by atoms with Gasteiger partial charge >= 0.3 is 0 Å². The molecule has 0 spiro atoms. The van der Waals surface area contributed by atoms with Crippen LogP contribution >= 0.6 is 11.3 Å². The van der Waals surface area contributed by atoms with Gasteiger partial charge in [-0.3, -0.25) is 9.69 Å². The summed E-state index contributed by atoms with van der Waals surface area (Å²) in [5, 5.41) is 6.32. The van der Waals surface area contributed by atoms with Crippen molar-refractivity contribution < 1.29 is 8.42 Å². The van der Waals surface area contributed by atoms with E-state index >= 15 is 0 Å². The van der Waals surface area contributed by atoms with Crippen LogP contribution in [0, 0.1) is 12.8 Å². The van der Waals surface area contributed by atoms with Crippen LogP contribution < -0.4 is 10.3 Å². The van der Waals surface area contributed by atoms with Gasteiger partial charge in [-0.15, -0.1) is 11.3 Å². The second-order valence-corrected chi connectivity index (χ2v) is 10.7. The van der Waals surface area contributed by atoms with Crippen LogP contribution in [-0.4, -0.2) is 43.1 Å². The lowest BCUT2D eigenvalue weighted by atomic mass is 10.1.